The first kappa shape index (κ1) is 17.6. The second-order valence-electron chi connectivity index (χ2n) is 7.00. The Morgan fingerprint density at radius 3 is 2.84 bits per heavy atom. The highest BCUT2D eigenvalue weighted by molar-refractivity contribution is 5.80. The molecule has 2 fully saturated rings. The zero-order valence-corrected chi connectivity index (χ0v) is 15.0. The van der Waals surface area contributed by atoms with Crippen molar-refractivity contribution in [1.82, 2.24) is 20.0 Å². The minimum absolute atomic E-state index is 0.0647. The first-order valence-electron chi connectivity index (χ1n) is 8.77. The lowest BCUT2D eigenvalue weighted by molar-refractivity contribution is -0.149. The molecule has 2 atom stereocenters. The Morgan fingerprint density at radius 1 is 1.48 bits per heavy atom. The van der Waals surface area contributed by atoms with E-state index in [0.29, 0.717) is 31.9 Å². The molecule has 1 aliphatic heterocycles. The molecule has 0 spiro atoms. The summed E-state index contributed by atoms with van der Waals surface area (Å²) in [5.74, 6) is -0.0696. The minimum Gasteiger partial charge on any atom is -0.481 e. The maximum atomic E-state index is 12.6. The smallest absolute Gasteiger partial charge is 0.317 e. The van der Waals surface area contributed by atoms with Gasteiger partial charge in [-0.25, -0.2) is 9.48 Å². The lowest BCUT2D eigenvalue weighted by Crippen LogP contribution is -2.41. The van der Waals surface area contributed by atoms with Crippen molar-refractivity contribution in [3.8, 4) is 5.88 Å². The van der Waals surface area contributed by atoms with Gasteiger partial charge < -0.3 is 20.1 Å². The summed E-state index contributed by atoms with van der Waals surface area (Å²) >= 11 is 0. The van der Waals surface area contributed by atoms with Gasteiger partial charge in [0.1, 0.15) is 0 Å². The highest BCUT2D eigenvalue weighted by Gasteiger charge is 2.55. The molecule has 1 aliphatic carbocycles. The van der Waals surface area contributed by atoms with Gasteiger partial charge in [-0.1, -0.05) is 13.3 Å². The van der Waals surface area contributed by atoms with Crippen molar-refractivity contribution in [2.24, 2.45) is 18.4 Å². The fourth-order valence-corrected chi connectivity index (χ4v) is 4.39. The van der Waals surface area contributed by atoms with Gasteiger partial charge in [0.25, 0.3) is 0 Å². The average Bonchev–Trinajstić information content (AvgIpc) is 3.22. The number of ether oxygens (including phenoxy) is 1. The van der Waals surface area contributed by atoms with E-state index in [9.17, 15) is 14.7 Å². The predicted octanol–water partition coefficient (Wildman–Crippen LogP) is 1.39. The second-order valence-corrected chi connectivity index (χ2v) is 7.00. The summed E-state index contributed by atoms with van der Waals surface area (Å²) < 4.78 is 7.05. The number of amides is 2. The van der Waals surface area contributed by atoms with Crippen LogP contribution in [0.3, 0.4) is 0 Å². The van der Waals surface area contributed by atoms with Gasteiger partial charge in [-0.3, -0.25) is 4.79 Å². The van der Waals surface area contributed by atoms with Crippen LogP contribution in [-0.4, -0.2) is 52.0 Å². The van der Waals surface area contributed by atoms with Crippen molar-refractivity contribution in [2.45, 2.75) is 39.2 Å². The van der Waals surface area contributed by atoms with E-state index < -0.39 is 11.4 Å². The molecule has 1 saturated heterocycles. The summed E-state index contributed by atoms with van der Waals surface area (Å²) in [5, 5.41) is 17.0. The van der Waals surface area contributed by atoms with Gasteiger partial charge in [-0.2, -0.15) is 5.10 Å². The van der Waals surface area contributed by atoms with E-state index in [1.54, 1.807) is 16.7 Å². The molecule has 0 bridgehead atoms. The highest BCUT2D eigenvalue weighted by Crippen LogP contribution is 2.48. The summed E-state index contributed by atoms with van der Waals surface area (Å²) in [4.78, 5) is 26.0. The van der Waals surface area contributed by atoms with Crippen molar-refractivity contribution >= 4 is 12.0 Å². The number of rotatable bonds is 5. The number of aromatic nitrogens is 2. The number of methoxy groups -OCH3 is 1. The molecule has 3 rings (SSSR count). The summed E-state index contributed by atoms with van der Waals surface area (Å²) in [6.45, 7) is 3.14. The van der Waals surface area contributed by atoms with Crippen LogP contribution in [0.5, 0.6) is 5.88 Å². The van der Waals surface area contributed by atoms with Crippen LogP contribution in [0.25, 0.3) is 0 Å². The quantitative estimate of drug-likeness (QED) is 0.836. The Kier molecular flexibility index (Phi) is 4.62. The number of hydrogen-bond donors (Lipinski definition) is 2. The minimum atomic E-state index is -0.771. The maximum absolute atomic E-state index is 12.6. The Morgan fingerprint density at radius 2 is 2.24 bits per heavy atom. The molecule has 2 N–H and O–H groups in total. The van der Waals surface area contributed by atoms with Crippen LogP contribution in [0.4, 0.5) is 4.79 Å². The van der Waals surface area contributed by atoms with Crippen molar-refractivity contribution in [1.29, 1.82) is 0 Å². The molecule has 2 heterocycles. The fourth-order valence-electron chi connectivity index (χ4n) is 4.39. The number of hydrogen-bond acceptors (Lipinski definition) is 4. The third kappa shape index (κ3) is 2.83. The van der Waals surface area contributed by atoms with Gasteiger partial charge >= 0.3 is 12.0 Å². The Labute approximate surface area is 147 Å². The first-order chi connectivity index (χ1) is 11.9. The van der Waals surface area contributed by atoms with Gasteiger partial charge in [0, 0.05) is 20.1 Å². The SMILES string of the molecule is CCc1nn(C)c(OC)c1CNC(=O)N1C[C@@H]2CCC[C@@]2(C(=O)O)C1. The number of carboxylic acid groups (broad SMARTS) is 1. The van der Waals surface area contributed by atoms with Gasteiger partial charge in [0.05, 0.1) is 30.3 Å². The molecule has 8 heteroatoms. The highest BCUT2D eigenvalue weighted by atomic mass is 16.5. The van der Waals surface area contributed by atoms with E-state index in [1.807, 2.05) is 14.0 Å². The number of carboxylic acids is 1. The molecular formula is C17H26N4O4. The monoisotopic (exact) mass is 350 g/mol. The molecule has 0 aromatic carbocycles. The van der Waals surface area contributed by atoms with Crippen LogP contribution in [0.1, 0.15) is 37.4 Å². The predicted molar refractivity (Wildman–Crippen MR) is 90.4 cm³/mol. The van der Waals surface area contributed by atoms with Gasteiger partial charge in [-0.05, 0) is 25.2 Å². The number of carbonyl (C=O) groups is 2. The van der Waals surface area contributed by atoms with E-state index >= 15 is 0 Å². The molecule has 8 nitrogen and oxygen atoms in total. The van der Waals surface area contributed by atoms with Crippen molar-refractivity contribution in [2.75, 3.05) is 20.2 Å². The Balaban J connectivity index is 1.68. The lowest BCUT2D eigenvalue weighted by atomic mass is 9.81. The zero-order chi connectivity index (χ0) is 18.2. The van der Waals surface area contributed by atoms with Gasteiger partial charge in [0.15, 0.2) is 0 Å². The number of urea groups is 1. The van der Waals surface area contributed by atoms with E-state index in [1.165, 1.54) is 0 Å². The average molecular weight is 350 g/mol. The molecule has 2 aliphatic rings. The van der Waals surface area contributed by atoms with Crippen LogP contribution < -0.4 is 10.1 Å². The van der Waals surface area contributed by atoms with Crippen molar-refractivity contribution in [3.05, 3.63) is 11.3 Å². The van der Waals surface area contributed by atoms with E-state index in [0.717, 1.165) is 30.5 Å². The van der Waals surface area contributed by atoms with E-state index in [-0.39, 0.29) is 11.9 Å². The van der Waals surface area contributed by atoms with Crippen LogP contribution in [0, 0.1) is 11.3 Å². The summed E-state index contributed by atoms with van der Waals surface area (Å²) in [7, 11) is 3.39. The standard InChI is InChI=1S/C17H26N4O4/c1-4-13-12(14(25-3)20(2)19-13)8-18-16(24)21-9-11-6-5-7-17(11,10-21)15(22)23/h11H,4-10H2,1-3H3,(H,18,24)(H,22,23)/t11-,17+/m0/s1. The van der Waals surface area contributed by atoms with Crippen LogP contribution >= 0.6 is 0 Å². The molecule has 0 unspecified atom stereocenters. The first-order valence-corrected chi connectivity index (χ1v) is 8.77. The van der Waals surface area contributed by atoms with Gasteiger partial charge in [-0.15, -0.1) is 0 Å². The second kappa shape index (κ2) is 6.57. The van der Waals surface area contributed by atoms with Crippen LogP contribution in [0.15, 0.2) is 0 Å². The molecule has 0 radical (unpaired) electrons. The largest absolute Gasteiger partial charge is 0.481 e. The number of aryl methyl sites for hydroxylation is 2. The van der Waals surface area contributed by atoms with E-state index in [2.05, 4.69) is 10.4 Å². The molecular weight excluding hydrogens is 324 g/mol. The molecule has 138 valence electrons. The number of likely N-dealkylation sites (tertiary alicyclic amines) is 1. The lowest BCUT2D eigenvalue weighted by Gasteiger charge is -2.23. The molecule has 25 heavy (non-hydrogen) atoms. The molecule has 1 saturated carbocycles. The van der Waals surface area contributed by atoms with E-state index in [4.69, 9.17) is 4.74 Å². The Bertz CT molecular complexity index is 686. The molecule has 1 aromatic heterocycles. The fraction of sp³-hybridized carbons (Fsp3) is 0.706. The normalized spacial score (nSPS) is 25.1. The number of nitrogens with zero attached hydrogens (tertiary/aromatic N) is 3. The van der Waals surface area contributed by atoms with Crippen LogP contribution in [0.2, 0.25) is 0 Å². The number of fused-ring (bicyclic) bond motifs is 1. The third-order valence-corrected chi connectivity index (χ3v) is 5.70. The number of aliphatic carboxylic acids is 1. The number of carbonyl (C=O) groups excluding carboxylic acids is 1. The summed E-state index contributed by atoms with van der Waals surface area (Å²) in [6, 6.07) is -0.219. The zero-order valence-electron chi connectivity index (χ0n) is 15.0. The summed E-state index contributed by atoms with van der Waals surface area (Å²) in [6.07, 6.45) is 3.22. The molecule has 2 amide bonds. The third-order valence-electron chi connectivity index (χ3n) is 5.70. The van der Waals surface area contributed by atoms with Crippen molar-refractivity contribution < 1.29 is 19.4 Å². The molecule has 1 aromatic rings. The summed E-state index contributed by atoms with van der Waals surface area (Å²) in [5.41, 5.74) is 1.01. The maximum Gasteiger partial charge on any atom is 0.317 e. The topological polar surface area (TPSA) is 96.7 Å². The van der Waals surface area contributed by atoms with Crippen molar-refractivity contribution in [3.63, 3.8) is 0 Å². The van der Waals surface area contributed by atoms with Gasteiger partial charge in [0.2, 0.25) is 5.88 Å². The number of nitrogens with one attached hydrogen (secondary N) is 1. The Hall–Kier alpha value is -2.25. The van der Waals surface area contributed by atoms with Crippen LogP contribution in [-0.2, 0) is 24.8 Å².